The Labute approximate surface area is 207 Å². The maximum Gasteiger partial charge on any atom is 0.413 e. The number of benzene rings is 1. The van der Waals surface area contributed by atoms with E-state index in [1.165, 1.54) is 5.38 Å². The SMILES string of the molecule is CC(C)(C)OC(=O)Nc1nc(/C(=N/OC2(C(=O)OCc3ccccc3)CCCCC2)C(=O)O)cs1. The van der Waals surface area contributed by atoms with Gasteiger partial charge < -0.3 is 19.4 Å². The zero-order valence-electron chi connectivity index (χ0n) is 19.9. The number of esters is 1. The number of nitrogens with zero attached hydrogens (tertiary/aromatic N) is 2. The van der Waals surface area contributed by atoms with Crippen molar-refractivity contribution in [3.8, 4) is 0 Å². The number of rotatable bonds is 8. The Hall–Kier alpha value is -3.47. The van der Waals surface area contributed by atoms with Gasteiger partial charge in [0.25, 0.3) is 0 Å². The quantitative estimate of drug-likeness (QED) is 0.299. The molecule has 1 heterocycles. The first kappa shape index (κ1) is 26.1. The van der Waals surface area contributed by atoms with E-state index in [0.29, 0.717) is 12.8 Å². The minimum atomic E-state index is -1.39. The molecule has 2 aromatic rings. The van der Waals surface area contributed by atoms with Gasteiger partial charge in [0.05, 0.1) is 0 Å². The first-order valence-electron chi connectivity index (χ1n) is 11.2. The predicted molar refractivity (Wildman–Crippen MR) is 129 cm³/mol. The van der Waals surface area contributed by atoms with E-state index in [2.05, 4.69) is 15.5 Å². The topological polar surface area (TPSA) is 136 Å². The maximum absolute atomic E-state index is 13.0. The van der Waals surface area contributed by atoms with Crippen LogP contribution < -0.4 is 5.32 Å². The smallest absolute Gasteiger partial charge is 0.413 e. The molecule has 2 N–H and O–H groups in total. The van der Waals surface area contributed by atoms with Gasteiger partial charge in [-0.15, -0.1) is 11.3 Å². The predicted octanol–water partition coefficient (Wildman–Crippen LogP) is 4.74. The number of carbonyl (C=O) groups excluding carboxylic acids is 2. The third-order valence-electron chi connectivity index (χ3n) is 5.11. The Morgan fingerprint density at radius 3 is 2.46 bits per heavy atom. The number of carboxylic acid groups (broad SMARTS) is 1. The van der Waals surface area contributed by atoms with E-state index >= 15 is 0 Å². The lowest BCUT2D eigenvalue weighted by Crippen LogP contribution is -2.44. The molecule has 0 saturated heterocycles. The molecule has 10 nitrogen and oxygen atoms in total. The summed E-state index contributed by atoms with van der Waals surface area (Å²) < 4.78 is 10.7. The molecule has 0 aliphatic heterocycles. The number of aliphatic carboxylic acids is 1. The van der Waals surface area contributed by atoms with Crippen LogP contribution in [0.1, 0.15) is 64.1 Å². The summed E-state index contributed by atoms with van der Waals surface area (Å²) in [6, 6.07) is 9.24. The molecule has 11 heteroatoms. The maximum atomic E-state index is 13.0. The number of carboxylic acids is 1. The van der Waals surface area contributed by atoms with E-state index in [0.717, 1.165) is 36.2 Å². The number of aromatic nitrogens is 1. The van der Waals surface area contributed by atoms with Crippen LogP contribution in [-0.2, 0) is 30.5 Å². The Morgan fingerprint density at radius 2 is 1.83 bits per heavy atom. The molecular formula is C24H29N3O7S. The van der Waals surface area contributed by atoms with Crippen LogP contribution in [0.5, 0.6) is 0 Å². The van der Waals surface area contributed by atoms with E-state index in [4.69, 9.17) is 14.3 Å². The molecule has 35 heavy (non-hydrogen) atoms. The third-order valence-corrected chi connectivity index (χ3v) is 5.87. The van der Waals surface area contributed by atoms with Crippen molar-refractivity contribution < 1.29 is 33.8 Å². The Kier molecular flexibility index (Phi) is 8.44. The van der Waals surface area contributed by atoms with Crippen molar-refractivity contribution in [3.05, 3.63) is 47.0 Å². The van der Waals surface area contributed by atoms with Gasteiger partial charge in [-0.05, 0) is 39.2 Å². The molecule has 0 radical (unpaired) electrons. The van der Waals surface area contributed by atoms with Gasteiger partial charge in [0.1, 0.15) is 17.9 Å². The lowest BCUT2D eigenvalue weighted by Gasteiger charge is -2.32. The van der Waals surface area contributed by atoms with Crippen molar-refractivity contribution in [3.63, 3.8) is 0 Å². The van der Waals surface area contributed by atoms with Crippen LogP contribution in [0.3, 0.4) is 0 Å². The highest BCUT2D eigenvalue weighted by Gasteiger charge is 2.44. The van der Waals surface area contributed by atoms with Crippen molar-refractivity contribution >= 4 is 40.2 Å². The van der Waals surface area contributed by atoms with Crippen LogP contribution in [0.15, 0.2) is 40.9 Å². The van der Waals surface area contributed by atoms with E-state index < -0.39 is 34.9 Å². The molecular weight excluding hydrogens is 474 g/mol. The summed E-state index contributed by atoms with van der Waals surface area (Å²) in [5.41, 5.74) is -1.75. The summed E-state index contributed by atoms with van der Waals surface area (Å²) in [6.07, 6.45) is 2.38. The molecule has 0 unspecified atom stereocenters. The minimum absolute atomic E-state index is 0.0165. The lowest BCUT2D eigenvalue weighted by molar-refractivity contribution is -0.179. The molecule has 3 rings (SSSR count). The first-order chi connectivity index (χ1) is 16.6. The molecule has 1 fully saturated rings. The largest absolute Gasteiger partial charge is 0.476 e. The standard InChI is InChI=1S/C24H29N3O7S/c1-23(2,3)33-22(31)26-21-25-17(15-35-21)18(19(28)29)27-34-24(12-8-5-9-13-24)20(30)32-14-16-10-6-4-7-11-16/h4,6-7,10-11,15H,5,8-9,12-14H2,1-3H3,(H,28,29)(H,25,26,31)/b27-18-. The van der Waals surface area contributed by atoms with Gasteiger partial charge in [0.2, 0.25) is 11.3 Å². The fourth-order valence-electron chi connectivity index (χ4n) is 3.47. The number of nitrogens with one attached hydrogen (secondary N) is 1. The van der Waals surface area contributed by atoms with Gasteiger partial charge in [-0.1, -0.05) is 41.9 Å². The summed E-state index contributed by atoms with van der Waals surface area (Å²) >= 11 is 1.01. The third kappa shape index (κ3) is 7.51. The van der Waals surface area contributed by atoms with Crippen LogP contribution in [-0.4, -0.2) is 45.0 Å². The molecule has 1 saturated carbocycles. The number of anilines is 1. The summed E-state index contributed by atoms with van der Waals surface area (Å²) in [6.45, 7) is 5.24. The summed E-state index contributed by atoms with van der Waals surface area (Å²) in [7, 11) is 0. The number of carbonyl (C=O) groups is 3. The highest BCUT2D eigenvalue weighted by Crippen LogP contribution is 2.34. The molecule has 1 aromatic heterocycles. The molecule has 1 amide bonds. The van der Waals surface area contributed by atoms with Gasteiger partial charge in [0.15, 0.2) is 5.13 Å². The van der Waals surface area contributed by atoms with Crippen molar-refractivity contribution in [2.75, 3.05) is 5.32 Å². The van der Waals surface area contributed by atoms with E-state index in [1.54, 1.807) is 20.8 Å². The summed E-state index contributed by atoms with van der Waals surface area (Å²) in [5, 5.41) is 17.6. The number of thiazole rings is 1. The second-order valence-electron chi connectivity index (χ2n) is 9.12. The zero-order chi connectivity index (χ0) is 25.5. The normalized spacial score (nSPS) is 15.7. The van der Waals surface area contributed by atoms with Crippen LogP contribution in [0.2, 0.25) is 0 Å². The van der Waals surface area contributed by atoms with E-state index in [-0.39, 0.29) is 17.4 Å². The molecule has 1 aliphatic rings. The number of amides is 1. The number of ether oxygens (including phenoxy) is 2. The number of oxime groups is 1. The van der Waals surface area contributed by atoms with Gasteiger partial charge in [-0.2, -0.15) is 0 Å². The minimum Gasteiger partial charge on any atom is -0.476 e. The molecule has 188 valence electrons. The van der Waals surface area contributed by atoms with Crippen LogP contribution in [0, 0.1) is 0 Å². The Balaban J connectivity index is 1.74. The van der Waals surface area contributed by atoms with Gasteiger partial charge in [0, 0.05) is 18.2 Å². The summed E-state index contributed by atoms with van der Waals surface area (Å²) in [4.78, 5) is 46.6. The van der Waals surface area contributed by atoms with Crippen molar-refractivity contribution in [1.29, 1.82) is 0 Å². The fourth-order valence-corrected chi connectivity index (χ4v) is 4.15. The van der Waals surface area contributed by atoms with Crippen molar-refractivity contribution in [2.24, 2.45) is 5.16 Å². The molecule has 1 aliphatic carbocycles. The molecule has 1 aromatic carbocycles. The Morgan fingerprint density at radius 1 is 1.14 bits per heavy atom. The molecule has 0 atom stereocenters. The highest BCUT2D eigenvalue weighted by atomic mass is 32.1. The second kappa shape index (κ2) is 11.3. The van der Waals surface area contributed by atoms with Gasteiger partial charge >= 0.3 is 18.0 Å². The average Bonchev–Trinajstić information content (AvgIpc) is 3.25. The molecule has 0 bridgehead atoms. The summed E-state index contributed by atoms with van der Waals surface area (Å²) in [5.74, 6) is -1.97. The number of hydrogen-bond acceptors (Lipinski definition) is 9. The molecule has 0 spiro atoms. The van der Waals surface area contributed by atoms with Crippen LogP contribution in [0.25, 0.3) is 0 Å². The zero-order valence-corrected chi connectivity index (χ0v) is 20.7. The number of hydrogen-bond donors (Lipinski definition) is 2. The van der Waals surface area contributed by atoms with Gasteiger partial charge in [-0.25, -0.2) is 19.4 Å². The Bertz CT molecular complexity index is 1070. The lowest BCUT2D eigenvalue weighted by atomic mass is 9.85. The first-order valence-corrected chi connectivity index (χ1v) is 12.1. The van der Waals surface area contributed by atoms with Crippen molar-refractivity contribution in [1.82, 2.24) is 4.98 Å². The monoisotopic (exact) mass is 503 g/mol. The second-order valence-corrected chi connectivity index (χ2v) is 9.98. The van der Waals surface area contributed by atoms with Gasteiger partial charge in [-0.3, -0.25) is 5.32 Å². The highest BCUT2D eigenvalue weighted by molar-refractivity contribution is 7.14. The average molecular weight is 504 g/mol. The van der Waals surface area contributed by atoms with E-state index in [9.17, 15) is 19.5 Å². The van der Waals surface area contributed by atoms with Crippen LogP contribution in [0.4, 0.5) is 9.93 Å². The van der Waals surface area contributed by atoms with Crippen molar-refractivity contribution in [2.45, 2.75) is 70.7 Å². The van der Waals surface area contributed by atoms with Crippen LogP contribution >= 0.6 is 11.3 Å². The van der Waals surface area contributed by atoms with E-state index in [1.807, 2.05) is 30.3 Å². The fraction of sp³-hybridized carbons (Fsp3) is 0.458.